The van der Waals surface area contributed by atoms with E-state index in [9.17, 15) is 105 Å². The second kappa shape index (κ2) is 10.9. The van der Waals surface area contributed by atoms with E-state index in [1.165, 1.54) is 0 Å². The lowest BCUT2D eigenvalue weighted by atomic mass is 9.91. The van der Waals surface area contributed by atoms with Gasteiger partial charge in [-0.2, -0.15) is 92.2 Å². The van der Waals surface area contributed by atoms with Gasteiger partial charge in [0, 0.05) is 12.6 Å². The Labute approximate surface area is 223 Å². The molecule has 0 N–H and O–H groups in total. The molecular formula is C16H10F21NO4S. The first kappa shape index (κ1) is 40.6. The van der Waals surface area contributed by atoms with Gasteiger partial charge in [0.15, 0.2) is 0 Å². The lowest BCUT2D eigenvalue weighted by Gasteiger charge is -2.43. The van der Waals surface area contributed by atoms with Gasteiger partial charge in [0.05, 0.1) is 0 Å². The van der Waals surface area contributed by atoms with Crippen LogP contribution in [0, 0.1) is 0 Å². The van der Waals surface area contributed by atoms with E-state index in [2.05, 4.69) is 11.3 Å². The van der Waals surface area contributed by atoms with Crippen molar-refractivity contribution in [2.24, 2.45) is 0 Å². The minimum absolute atomic E-state index is 0.372. The van der Waals surface area contributed by atoms with Crippen LogP contribution in [-0.2, 0) is 19.6 Å². The van der Waals surface area contributed by atoms with Gasteiger partial charge in [0.25, 0.3) is 10.0 Å². The van der Waals surface area contributed by atoms with Gasteiger partial charge in [0.2, 0.25) is 0 Å². The maximum atomic E-state index is 14.7. The second-order valence-corrected chi connectivity index (χ2v) is 9.63. The molecule has 27 heteroatoms. The number of esters is 1. The molecule has 0 bridgehead atoms. The second-order valence-electron chi connectivity index (χ2n) is 7.72. The first-order chi connectivity index (χ1) is 18.4. The molecule has 1 atom stereocenters. The van der Waals surface area contributed by atoms with Crippen molar-refractivity contribution < 1.29 is 110 Å². The van der Waals surface area contributed by atoms with Crippen LogP contribution in [0.4, 0.5) is 92.2 Å². The molecule has 0 fully saturated rings. The Kier molecular flexibility index (Phi) is 10.3. The number of ether oxygens (including phenoxy) is 1. The third kappa shape index (κ3) is 5.55. The largest absolute Gasteiger partial charge is 0.478 e. The Balaban J connectivity index is 7.58. The number of hydrogen-bond donors (Lipinski definition) is 0. The van der Waals surface area contributed by atoms with E-state index in [0.29, 0.717) is 6.92 Å². The SMILES string of the molecule is C=CC(=O)OC(F)(N(CCC)S(=O)(=O)C(F)(F)C(F)(F)C(F)(F)C(F)(F)C(F)(F)C(F)(F)C(F)(F)C(F)(F)F)C(F)(F)F. The lowest BCUT2D eigenvalue weighted by Crippen LogP contribution is -2.76. The van der Waals surface area contributed by atoms with E-state index in [1.54, 1.807) is 0 Å². The van der Waals surface area contributed by atoms with Crippen molar-refractivity contribution >= 4 is 16.0 Å². The Bertz CT molecular complexity index is 1160. The quantitative estimate of drug-likeness (QED) is 0.0686. The van der Waals surface area contributed by atoms with Crippen molar-refractivity contribution in [3.05, 3.63) is 12.7 Å². The van der Waals surface area contributed by atoms with Crippen molar-refractivity contribution in [1.29, 1.82) is 0 Å². The molecule has 0 aliphatic heterocycles. The summed E-state index contributed by atoms with van der Waals surface area (Å²) in [6, 6.07) is 0. The third-order valence-electron chi connectivity index (χ3n) is 4.81. The highest BCUT2D eigenvalue weighted by molar-refractivity contribution is 7.90. The van der Waals surface area contributed by atoms with Gasteiger partial charge >= 0.3 is 65.1 Å². The van der Waals surface area contributed by atoms with Gasteiger partial charge in [-0.3, -0.25) is 0 Å². The van der Waals surface area contributed by atoms with Crippen molar-refractivity contribution in [2.45, 2.75) is 72.5 Å². The summed E-state index contributed by atoms with van der Waals surface area (Å²) < 4.78 is 307. The van der Waals surface area contributed by atoms with Crippen molar-refractivity contribution in [3.63, 3.8) is 0 Å². The topological polar surface area (TPSA) is 63.7 Å². The van der Waals surface area contributed by atoms with Gasteiger partial charge < -0.3 is 4.74 Å². The summed E-state index contributed by atoms with van der Waals surface area (Å²) in [6.45, 7) is 0.0970. The number of carbonyl (C=O) groups is 1. The van der Waals surface area contributed by atoms with Gasteiger partial charge in [-0.15, -0.1) is 4.31 Å². The summed E-state index contributed by atoms with van der Waals surface area (Å²) in [6.07, 6.45) is -17.3. The highest BCUT2D eigenvalue weighted by atomic mass is 32.2. The summed E-state index contributed by atoms with van der Waals surface area (Å²) in [5, 5.41) is -8.54. The fraction of sp³-hybridized carbons (Fsp3) is 0.812. The summed E-state index contributed by atoms with van der Waals surface area (Å²) in [7, 11) is -8.82. The molecular weight excluding hydrogens is 701 g/mol. The molecule has 43 heavy (non-hydrogen) atoms. The highest BCUT2D eigenvalue weighted by Crippen LogP contribution is 2.64. The van der Waals surface area contributed by atoms with Crippen LogP contribution in [0.1, 0.15) is 13.3 Å². The average Bonchev–Trinajstić information content (AvgIpc) is 2.79. The van der Waals surface area contributed by atoms with E-state index in [4.69, 9.17) is 0 Å². The molecule has 0 aromatic carbocycles. The predicted octanol–water partition coefficient (Wildman–Crippen LogP) is 6.91. The van der Waals surface area contributed by atoms with E-state index in [-0.39, 0.29) is 0 Å². The van der Waals surface area contributed by atoms with Gasteiger partial charge in [0.1, 0.15) is 0 Å². The van der Waals surface area contributed by atoms with Crippen LogP contribution in [0.5, 0.6) is 0 Å². The zero-order chi connectivity index (χ0) is 35.5. The molecule has 0 aliphatic rings. The Hall–Kier alpha value is -2.35. The molecule has 0 saturated heterocycles. The van der Waals surface area contributed by atoms with Crippen molar-refractivity contribution in [2.75, 3.05) is 6.54 Å². The number of carbonyl (C=O) groups excluding carboxylic acids is 1. The van der Waals surface area contributed by atoms with E-state index >= 15 is 0 Å². The van der Waals surface area contributed by atoms with E-state index in [0.717, 1.165) is 0 Å². The standard InChI is InChI=1S/C16H10F21NO4S/c1-3-5-38(16(37,14(32,33)34)42-6(39)4-2)43(40,41)15(35,36)12(27,28)10(23,24)8(19,20)7(17,18)9(21,22)11(25,26)13(29,30)31/h4H,2-3,5H2,1H3. The molecule has 0 amide bonds. The van der Waals surface area contributed by atoms with Gasteiger partial charge in [-0.25, -0.2) is 13.2 Å². The molecule has 0 aromatic heterocycles. The predicted molar refractivity (Wildman–Crippen MR) is 92.8 cm³/mol. The molecule has 256 valence electrons. The van der Waals surface area contributed by atoms with Gasteiger partial charge in [-0.05, 0) is 6.42 Å². The molecule has 1 unspecified atom stereocenters. The summed E-state index contributed by atoms with van der Waals surface area (Å²) in [4.78, 5) is 11.1. The number of nitrogens with zero attached hydrogens (tertiary/aromatic N) is 1. The number of hydrogen-bond acceptors (Lipinski definition) is 4. The van der Waals surface area contributed by atoms with E-state index < -0.39 is 98.5 Å². The molecule has 5 nitrogen and oxygen atoms in total. The molecule has 0 spiro atoms. The van der Waals surface area contributed by atoms with Crippen LogP contribution in [0.25, 0.3) is 0 Å². The monoisotopic (exact) mass is 711 g/mol. The minimum Gasteiger partial charge on any atom is -0.403 e. The first-order valence-corrected chi connectivity index (χ1v) is 11.2. The first-order valence-electron chi connectivity index (χ1n) is 9.74. The number of halogens is 21. The van der Waals surface area contributed by atoms with Crippen LogP contribution in [0.15, 0.2) is 12.7 Å². The number of rotatable bonds is 13. The molecule has 0 rings (SSSR count). The Morgan fingerprint density at radius 3 is 1.23 bits per heavy atom. The van der Waals surface area contributed by atoms with Crippen LogP contribution in [0.2, 0.25) is 0 Å². The molecule has 0 aromatic rings. The fourth-order valence-corrected chi connectivity index (χ4v) is 4.10. The maximum absolute atomic E-state index is 14.7. The zero-order valence-electron chi connectivity index (χ0n) is 19.6. The van der Waals surface area contributed by atoms with Crippen LogP contribution in [-0.4, -0.2) is 84.4 Å². The average molecular weight is 711 g/mol. The minimum atomic E-state index is -9.28. The molecule has 0 saturated carbocycles. The Morgan fingerprint density at radius 1 is 0.628 bits per heavy atom. The van der Waals surface area contributed by atoms with Crippen LogP contribution >= 0.6 is 0 Å². The maximum Gasteiger partial charge on any atom is 0.478 e. The normalized spacial score (nSPS) is 17.1. The highest BCUT2D eigenvalue weighted by Gasteiger charge is 2.96. The molecule has 0 aliphatic carbocycles. The smallest absolute Gasteiger partial charge is 0.403 e. The fourth-order valence-electron chi connectivity index (χ4n) is 2.50. The third-order valence-corrected chi connectivity index (χ3v) is 6.71. The lowest BCUT2D eigenvalue weighted by molar-refractivity contribution is -0.458. The summed E-state index contributed by atoms with van der Waals surface area (Å²) >= 11 is 0. The molecule has 0 heterocycles. The zero-order valence-corrected chi connectivity index (χ0v) is 20.4. The summed E-state index contributed by atoms with van der Waals surface area (Å²) in [5.74, 6) is -63.7. The Morgan fingerprint density at radius 2 is 0.953 bits per heavy atom. The number of alkyl halides is 21. The molecule has 0 radical (unpaired) electrons. The van der Waals surface area contributed by atoms with E-state index in [1.807, 2.05) is 0 Å². The van der Waals surface area contributed by atoms with Crippen LogP contribution < -0.4 is 0 Å². The number of sulfonamides is 1. The van der Waals surface area contributed by atoms with Gasteiger partial charge in [-0.1, -0.05) is 13.5 Å². The van der Waals surface area contributed by atoms with Crippen LogP contribution in [0.3, 0.4) is 0 Å². The van der Waals surface area contributed by atoms with Crippen molar-refractivity contribution in [1.82, 2.24) is 4.31 Å². The van der Waals surface area contributed by atoms with Crippen molar-refractivity contribution in [3.8, 4) is 0 Å². The summed E-state index contributed by atoms with van der Waals surface area (Å²) in [5.41, 5.74) is 0.